The van der Waals surface area contributed by atoms with Gasteiger partial charge in [0.25, 0.3) is 0 Å². The van der Waals surface area contributed by atoms with E-state index in [-0.39, 0.29) is 11.2 Å². The van der Waals surface area contributed by atoms with Crippen LogP contribution in [-0.4, -0.2) is 18.4 Å². The molecule has 0 bridgehead atoms. The third-order valence-corrected chi connectivity index (χ3v) is 1.79. The van der Waals surface area contributed by atoms with E-state index in [4.69, 9.17) is 4.74 Å². The molecule has 0 aromatic rings. The normalized spacial score (nSPS) is 13.6. The summed E-state index contributed by atoms with van der Waals surface area (Å²) in [5, 5.41) is 0. The van der Waals surface area contributed by atoms with Crippen LogP contribution in [0.25, 0.3) is 0 Å². The summed E-state index contributed by atoms with van der Waals surface area (Å²) < 4.78 is 4.83. The summed E-state index contributed by atoms with van der Waals surface area (Å²) in [7, 11) is 0. The van der Waals surface area contributed by atoms with Gasteiger partial charge in [-0.1, -0.05) is 20.8 Å². The highest BCUT2D eigenvalue weighted by molar-refractivity contribution is 5.98. The van der Waals surface area contributed by atoms with E-state index in [9.17, 15) is 9.59 Å². The van der Waals surface area contributed by atoms with Crippen LogP contribution in [0.2, 0.25) is 0 Å². The van der Waals surface area contributed by atoms with Crippen LogP contribution in [0.3, 0.4) is 0 Å². The number of esters is 1. The Morgan fingerprint density at radius 2 is 1.77 bits per heavy atom. The molecule has 3 nitrogen and oxygen atoms in total. The molecule has 0 saturated heterocycles. The number of hydrogen-bond acceptors (Lipinski definition) is 3. The molecule has 0 saturated carbocycles. The predicted molar refractivity (Wildman–Crippen MR) is 50.3 cm³/mol. The fourth-order valence-electron chi connectivity index (χ4n) is 1.35. The molecule has 0 aliphatic carbocycles. The first-order valence-electron chi connectivity index (χ1n) is 4.47. The Bertz CT molecular complexity index is 201. The molecule has 1 atom stereocenters. The largest absolute Gasteiger partial charge is 0.465 e. The summed E-state index contributed by atoms with van der Waals surface area (Å²) in [6.07, 6.45) is 0. The van der Waals surface area contributed by atoms with E-state index in [0.717, 1.165) is 0 Å². The number of rotatable bonds is 3. The Labute approximate surface area is 79.5 Å². The van der Waals surface area contributed by atoms with E-state index in [1.54, 1.807) is 6.92 Å². The van der Waals surface area contributed by atoms with E-state index < -0.39 is 11.9 Å². The molecule has 0 amide bonds. The quantitative estimate of drug-likeness (QED) is 0.498. The fraction of sp³-hybridized carbons (Fsp3) is 0.800. The molecule has 13 heavy (non-hydrogen) atoms. The average Bonchev–Trinajstić information content (AvgIpc) is 1.82. The van der Waals surface area contributed by atoms with E-state index in [1.165, 1.54) is 6.92 Å². The molecule has 0 radical (unpaired) electrons. The second kappa shape index (κ2) is 4.40. The van der Waals surface area contributed by atoms with Crippen molar-refractivity contribution in [1.82, 2.24) is 0 Å². The van der Waals surface area contributed by atoms with Gasteiger partial charge in [0.1, 0.15) is 11.7 Å². The van der Waals surface area contributed by atoms with Crippen LogP contribution in [-0.2, 0) is 14.3 Å². The minimum Gasteiger partial charge on any atom is -0.465 e. The summed E-state index contributed by atoms with van der Waals surface area (Å²) >= 11 is 0. The molecule has 0 rings (SSSR count). The van der Waals surface area contributed by atoms with E-state index in [1.807, 2.05) is 20.8 Å². The van der Waals surface area contributed by atoms with Gasteiger partial charge < -0.3 is 4.74 Å². The second-order valence-corrected chi connectivity index (χ2v) is 4.16. The minimum atomic E-state index is -0.646. The van der Waals surface area contributed by atoms with Crippen molar-refractivity contribution in [2.24, 2.45) is 11.3 Å². The van der Waals surface area contributed by atoms with E-state index in [0.29, 0.717) is 6.61 Å². The van der Waals surface area contributed by atoms with Gasteiger partial charge in [-0.05, 0) is 19.3 Å². The molecule has 0 aliphatic rings. The molecule has 0 N–H and O–H groups in total. The highest BCUT2D eigenvalue weighted by Gasteiger charge is 2.36. The zero-order valence-electron chi connectivity index (χ0n) is 9.01. The molecule has 0 fully saturated rings. The van der Waals surface area contributed by atoms with Gasteiger partial charge in [-0.25, -0.2) is 0 Å². The SMILES string of the molecule is CCOC(=O)C(C(C)=O)C(C)(C)C. The summed E-state index contributed by atoms with van der Waals surface area (Å²) in [6, 6.07) is 0. The fourth-order valence-corrected chi connectivity index (χ4v) is 1.35. The topological polar surface area (TPSA) is 43.4 Å². The Morgan fingerprint density at radius 1 is 1.31 bits per heavy atom. The van der Waals surface area contributed by atoms with Crippen molar-refractivity contribution in [3.8, 4) is 0 Å². The molecule has 0 aromatic carbocycles. The highest BCUT2D eigenvalue weighted by Crippen LogP contribution is 2.27. The summed E-state index contributed by atoms with van der Waals surface area (Å²) in [5.74, 6) is -1.19. The molecule has 0 aliphatic heterocycles. The van der Waals surface area contributed by atoms with E-state index >= 15 is 0 Å². The van der Waals surface area contributed by atoms with Gasteiger partial charge in [-0.15, -0.1) is 0 Å². The van der Waals surface area contributed by atoms with Gasteiger partial charge in [0.05, 0.1) is 6.61 Å². The number of hydrogen-bond donors (Lipinski definition) is 0. The van der Waals surface area contributed by atoms with Crippen molar-refractivity contribution < 1.29 is 14.3 Å². The van der Waals surface area contributed by atoms with Gasteiger partial charge in [0.2, 0.25) is 0 Å². The van der Waals surface area contributed by atoms with E-state index in [2.05, 4.69) is 0 Å². The Hall–Kier alpha value is -0.860. The summed E-state index contributed by atoms with van der Waals surface area (Å²) in [6.45, 7) is 9.05. The maximum atomic E-state index is 11.4. The Kier molecular flexibility index (Phi) is 4.11. The minimum absolute atomic E-state index is 0.133. The first-order chi connectivity index (χ1) is 5.80. The van der Waals surface area contributed by atoms with Crippen LogP contribution in [0, 0.1) is 11.3 Å². The molecule has 0 heterocycles. The zero-order valence-corrected chi connectivity index (χ0v) is 9.01. The monoisotopic (exact) mass is 186 g/mol. The van der Waals surface area contributed by atoms with Gasteiger partial charge in [0.15, 0.2) is 0 Å². The van der Waals surface area contributed by atoms with Gasteiger partial charge >= 0.3 is 5.97 Å². The number of carbonyl (C=O) groups excluding carboxylic acids is 2. The van der Waals surface area contributed by atoms with Crippen LogP contribution < -0.4 is 0 Å². The van der Waals surface area contributed by atoms with Crippen molar-refractivity contribution in [2.75, 3.05) is 6.61 Å². The lowest BCUT2D eigenvalue weighted by atomic mass is 9.78. The molecule has 76 valence electrons. The number of carbonyl (C=O) groups is 2. The third kappa shape index (κ3) is 3.57. The molecular weight excluding hydrogens is 168 g/mol. The van der Waals surface area contributed by atoms with Crippen LogP contribution in [0.5, 0.6) is 0 Å². The first-order valence-corrected chi connectivity index (χ1v) is 4.47. The van der Waals surface area contributed by atoms with Crippen molar-refractivity contribution in [2.45, 2.75) is 34.6 Å². The van der Waals surface area contributed by atoms with Gasteiger partial charge in [-0.3, -0.25) is 9.59 Å². The van der Waals surface area contributed by atoms with Gasteiger partial charge in [-0.2, -0.15) is 0 Å². The Morgan fingerprint density at radius 3 is 2.00 bits per heavy atom. The third-order valence-electron chi connectivity index (χ3n) is 1.79. The highest BCUT2D eigenvalue weighted by atomic mass is 16.5. The van der Waals surface area contributed by atoms with Crippen LogP contribution in [0.4, 0.5) is 0 Å². The maximum Gasteiger partial charge on any atom is 0.316 e. The lowest BCUT2D eigenvalue weighted by molar-refractivity contribution is -0.155. The van der Waals surface area contributed by atoms with Crippen LogP contribution in [0.1, 0.15) is 34.6 Å². The van der Waals surface area contributed by atoms with Crippen LogP contribution >= 0.6 is 0 Å². The second-order valence-electron chi connectivity index (χ2n) is 4.16. The summed E-state index contributed by atoms with van der Waals surface area (Å²) in [5.41, 5.74) is -0.363. The lowest BCUT2D eigenvalue weighted by Gasteiger charge is -2.26. The standard InChI is InChI=1S/C10H18O3/c1-6-13-9(12)8(7(2)11)10(3,4)5/h8H,6H2,1-5H3. The number of ether oxygens (including phenoxy) is 1. The van der Waals surface area contributed by atoms with Crippen LogP contribution in [0.15, 0.2) is 0 Å². The first kappa shape index (κ1) is 12.1. The zero-order chi connectivity index (χ0) is 10.6. The number of Topliss-reactive ketones (excluding diaryl/α,β-unsaturated/α-hetero) is 1. The smallest absolute Gasteiger partial charge is 0.316 e. The molecular formula is C10H18O3. The molecule has 3 heteroatoms. The molecule has 0 spiro atoms. The average molecular weight is 186 g/mol. The lowest BCUT2D eigenvalue weighted by Crippen LogP contribution is -2.35. The van der Waals surface area contributed by atoms with Crippen molar-refractivity contribution in [3.63, 3.8) is 0 Å². The maximum absolute atomic E-state index is 11.4. The van der Waals surface area contributed by atoms with Gasteiger partial charge in [0, 0.05) is 0 Å². The van der Waals surface area contributed by atoms with Crippen molar-refractivity contribution >= 4 is 11.8 Å². The summed E-state index contributed by atoms with van der Waals surface area (Å²) in [4.78, 5) is 22.6. The number of ketones is 1. The molecule has 1 unspecified atom stereocenters. The Balaban J connectivity index is 4.63. The molecule has 0 aromatic heterocycles. The predicted octanol–water partition coefficient (Wildman–Crippen LogP) is 1.80. The van der Waals surface area contributed by atoms with Crippen molar-refractivity contribution in [3.05, 3.63) is 0 Å². The van der Waals surface area contributed by atoms with Crippen molar-refractivity contribution in [1.29, 1.82) is 0 Å².